The van der Waals surface area contributed by atoms with Gasteiger partial charge in [0, 0.05) is 39.4 Å². The highest BCUT2D eigenvalue weighted by molar-refractivity contribution is 5.98. The van der Waals surface area contributed by atoms with Gasteiger partial charge in [-0.2, -0.15) is 0 Å². The topological polar surface area (TPSA) is 391 Å². The van der Waals surface area contributed by atoms with Crippen LogP contribution in [0.3, 0.4) is 0 Å². The minimum Gasteiger partial charge on any atom is -0.481 e. The Morgan fingerprint density at radius 3 is 1.59 bits per heavy atom. The first kappa shape index (κ1) is 52.4. The lowest BCUT2D eigenvalue weighted by atomic mass is 10.1. The fraction of sp³-hybridized carbons (Fsp3) is 0.718. The second-order valence-corrected chi connectivity index (χ2v) is 16.0. The van der Waals surface area contributed by atoms with Crippen molar-refractivity contribution in [3.63, 3.8) is 0 Å². The average molecular weight is 911 g/mol. The Labute approximate surface area is 368 Å². The molecule has 0 radical (unpaired) electrons. The summed E-state index contributed by atoms with van der Waals surface area (Å²) in [6.07, 6.45) is 1.17. The zero-order chi connectivity index (χ0) is 47.7. The number of rotatable bonds is 25. The number of nitrogens with one attached hydrogen (secondary N) is 5. The lowest BCUT2D eigenvalue weighted by Crippen LogP contribution is -2.61. The Hall–Kier alpha value is -5.95. The van der Waals surface area contributed by atoms with Crippen LogP contribution in [0.25, 0.3) is 0 Å². The Kier molecular flexibility index (Phi) is 20.8. The molecular formula is C39H62N10O15. The summed E-state index contributed by atoms with van der Waals surface area (Å²) in [6.45, 7) is 0.0229. The molecule has 0 aromatic carbocycles. The fourth-order valence-electron chi connectivity index (χ4n) is 8.02. The Morgan fingerprint density at radius 2 is 1.06 bits per heavy atom. The van der Waals surface area contributed by atoms with Crippen molar-refractivity contribution in [3.05, 3.63) is 0 Å². The number of hydrogen-bond donors (Lipinski definition) is 11. The summed E-state index contributed by atoms with van der Waals surface area (Å²) in [4.78, 5) is 145. The smallest absolute Gasteiger partial charge is 0.326 e. The van der Waals surface area contributed by atoms with Gasteiger partial charge in [-0.3, -0.25) is 47.9 Å². The predicted molar refractivity (Wildman–Crippen MR) is 220 cm³/mol. The summed E-state index contributed by atoms with van der Waals surface area (Å²) >= 11 is 0. The van der Waals surface area contributed by atoms with E-state index in [4.69, 9.17) is 11.5 Å². The van der Waals surface area contributed by atoms with E-state index in [0.29, 0.717) is 38.6 Å². The zero-order valence-corrected chi connectivity index (χ0v) is 35.8. The average Bonchev–Trinajstić information content (AvgIpc) is 4.05. The van der Waals surface area contributed by atoms with Gasteiger partial charge in [0.1, 0.15) is 48.3 Å². The minimum absolute atomic E-state index is 0.0155. The number of carbonyl (C=O) groups is 11. The highest BCUT2D eigenvalue weighted by atomic mass is 16.4. The molecule has 0 aliphatic carbocycles. The molecule has 8 atom stereocenters. The van der Waals surface area contributed by atoms with Crippen LogP contribution in [-0.4, -0.2) is 188 Å². The number of primary amides is 1. The molecule has 3 fully saturated rings. The second-order valence-electron chi connectivity index (χ2n) is 16.0. The van der Waals surface area contributed by atoms with Gasteiger partial charge in [0.25, 0.3) is 0 Å². The van der Waals surface area contributed by atoms with Crippen LogP contribution in [0.15, 0.2) is 0 Å². The van der Waals surface area contributed by atoms with Gasteiger partial charge in [-0.15, -0.1) is 0 Å². The van der Waals surface area contributed by atoms with Crippen molar-refractivity contribution in [1.29, 1.82) is 0 Å². The van der Waals surface area contributed by atoms with E-state index in [1.165, 1.54) is 16.7 Å². The van der Waals surface area contributed by atoms with E-state index < -0.39 is 139 Å². The number of aliphatic carboxylic acids is 2. The highest BCUT2D eigenvalue weighted by Gasteiger charge is 2.45. The third-order valence-electron chi connectivity index (χ3n) is 11.3. The van der Waals surface area contributed by atoms with Gasteiger partial charge in [0.05, 0.1) is 13.2 Å². The maximum Gasteiger partial charge on any atom is 0.326 e. The van der Waals surface area contributed by atoms with Crippen LogP contribution in [0.2, 0.25) is 0 Å². The van der Waals surface area contributed by atoms with Crippen molar-refractivity contribution in [2.45, 2.75) is 139 Å². The molecule has 64 heavy (non-hydrogen) atoms. The van der Waals surface area contributed by atoms with Gasteiger partial charge in [-0.25, -0.2) is 4.79 Å². The van der Waals surface area contributed by atoms with Crippen LogP contribution in [0.5, 0.6) is 0 Å². The van der Waals surface area contributed by atoms with Crippen LogP contribution >= 0.6 is 0 Å². The number of carbonyl (C=O) groups excluding carboxylic acids is 9. The van der Waals surface area contributed by atoms with Crippen molar-refractivity contribution >= 4 is 65.1 Å². The summed E-state index contributed by atoms with van der Waals surface area (Å²) in [6, 6.07) is -10.7. The van der Waals surface area contributed by atoms with E-state index in [0.717, 1.165) is 4.90 Å². The molecule has 13 N–H and O–H groups in total. The van der Waals surface area contributed by atoms with Gasteiger partial charge in [-0.05, 0) is 77.2 Å². The van der Waals surface area contributed by atoms with E-state index in [2.05, 4.69) is 26.6 Å². The van der Waals surface area contributed by atoms with E-state index in [1.807, 2.05) is 0 Å². The summed E-state index contributed by atoms with van der Waals surface area (Å²) in [5, 5.41) is 51.0. The van der Waals surface area contributed by atoms with Gasteiger partial charge in [-0.1, -0.05) is 0 Å². The third-order valence-corrected chi connectivity index (χ3v) is 11.3. The molecule has 358 valence electrons. The molecule has 0 aromatic rings. The minimum atomic E-state index is -1.65. The van der Waals surface area contributed by atoms with E-state index >= 15 is 0 Å². The van der Waals surface area contributed by atoms with Crippen LogP contribution in [0.4, 0.5) is 0 Å². The van der Waals surface area contributed by atoms with Crippen molar-refractivity contribution in [3.8, 4) is 0 Å². The summed E-state index contributed by atoms with van der Waals surface area (Å²) < 4.78 is 0. The maximum absolute atomic E-state index is 14.0. The molecule has 8 unspecified atom stereocenters. The van der Waals surface area contributed by atoms with Crippen LogP contribution < -0.4 is 38.1 Å². The Bertz CT molecular complexity index is 1750. The molecule has 0 bridgehead atoms. The van der Waals surface area contributed by atoms with Crippen LogP contribution in [0.1, 0.15) is 90.4 Å². The number of hydrogen-bond acceptors (Lipinski definition) is 14. The van der Waals surface area contributed by atoms with Gasteiger partial charge in [0.2, 0.25) is 53.2 Å². The van der Waals surface area contributed by atoms with Crippen molar-refractivity contribution in [2.24, 2.45) is 11.5 Å². The van der Waals surface area contributed by atoms with Crippen molar-refractivity contribution in [1.82, 2.24) is 41.3 Å². The maximum atomic E-state index is 14.0. The zero-order valence-electron chi connectivity index (χ0n) is 35.8. The number of unbranched alkanes of at least 4 members (excludes halogenated alkanes) is 1. The fourth-order valence-corrected chi connectivity index (χ4v) is 8.02. The largest absolute Gasteiger partial charge is 0.481 e. The summed E-state index contributed by atoms with van der Waals surface area (Å²) in [5.74, 6) is -9.86. The number of likely N-dealkylation sites (tertiary alicyclic amines) is 3. The molecule has 0 saturated carbocycles. The molecule has 3 aliphatic rings. The van der Waals surface area contributed by atoms with Gasteiger partial charge >= 0.3 is 11.9 Å². The molecule has 0 aromatic heterocycles. The van der Waals surface area contributed by atoms with E-state index in [1.54, 1.807) is 0 Å². The monoisotopic (exact) mass is 910 g/mol. The molecule has 3 aliphatic heterocycles. The molecule has 3 saturated heterocycles. The van der Waals surface area contributed by atoms with E-state index in [9.17, 15) is 73.2 Å². The molecule has 25 nitrogen and oxygen atoms in total. The van der Waals surface area contributed by atoms with Crippen LogP contribution in [0, 0.1) is 0 Å². The molecular weight excluding hydrogens is 848 g/mol. The predicted octanol–water partition coefficient (Wildman–Crippen LogP) is -5.27. The number of carboxylic acids is 2. The second kappa shape index (κ2) is 25.4. The normalized spacial score (nSPS) is 20.6. The number of aliphatic hydroxyl groups excluding tert-OH is 2. The first-order chi connectivity index (χ1) is 30.3. The number of nitrogens with two attached hydrogens (primary N) is 2. The Balaban J connectivity index is 1.68. The Morgan fingerprint density at radius 1 is 0.578 bits per heavy atom. The van der Waals surface area contributed by atoms with Crippen LogP contribution in [-0.2, 0) is 52.7 Å². The molecule has 3 rings (SSSR count). The van der Waals surface area contributed by atoms with Gasteiger partial charge in [0.15, 0.2) is 0 Å². The van der Waals surface area contributed by atoms with E-state index in [-0.39, 0.29) is 58.2 Å². The van der Waals surface area contributed by atoms with Crippen molar-refractivity contribution in [2.75, 3.05) is 39.4 Å². The number of amides is 9. The molecule has 0 spiro atoms. The lowest BCUT2D eigenvalue weighted by Gasteiger charge is -2.33. The lowest BCUT2D eigenvalue weighted by molar-refractivity contribution is -0.149. The van der Waals surface area contributed by atoms with Crippen molar-refractivity contribution < 1.29 is 73.2 Å². The number of aliphatic hydroxyl groups is 2. The molecule has 25 heteroatoms. The first-order valence-electron chi connectivity index (χ1n) is 21.4. The number of carboxylic acid groups (broad SMARTS) is 2. The summed E-state index contributed by atoms with van der Waals surface area (Å²) in [5.41, 5.74) is 10.7. The SMILES string of the molecule is CC(=O)NC(CCCCN)C(=O)N1CCCC1C(=O)NC(CO)C(=O)NC(CO)C(=O)N1CCCC1C(=O)N1CCCC1C(=O)NC(CCC(=O)O)C(=O)NC(CCC(N)=O)C(=O)O. The highest BCUT2D eigenvalue weighted by Crippen LogP contribution is 2.26. The quantitative estimate of drug-likeness (QED) is 0.0381. The van der Waals surface area contributed by atoms with Gasteiger partial charge < -0.3 is 73.2 Å². The third kappa shape index (κ3) is 14.8. The standard InChI is InChI=1S/C39H62N10O15/c1-21(52)42-23(7-2-3-15-40)36(60)47-16-4-8-27(47)35(59)45-25(19-50)33(57)46-26(20-51)37(61)49-18-6-10-29(49)38(62)48-17-5-9-28(48)34(58)43-22(12-14-31(54)55)32(56)44-24(39(63)64)11-13-30(41)53/h22-29,50-51H,2-20,40H2,1H3,(H2,41,53)(H,42,52)(H,43,58)(H,44,56)(H,45,59)(H,46,57)(H,54,55)(H,63,64). The first-order valence-corrected chi connectivity index (χ1v) is 21.4. The summed E-state index contributed by atoms with van der Waals surface area (Å²) in [7, 11) is 0. The molecule has 9 amide bonds. The number of nitrogens with zero attached hydrogens (tertiary/aromatic N) is 3. The molecule has 3 heterocycles.